The highest BCUT2D eigenvalue weighted by molar-refractivity contribution is 5.93. The van der Waals surface area contributed by atoms with Crippen LogP contribution in [0.15, 0.2) is 0 Å². The minimum absolute atomic E-state index is 0.0360. The number of aliphatic hydroxyl groups excluding tert-OH is 1. The van der Waals surface area contributed by atoms with Crippen LogP contribution in [0.4, 0.5) is 0 Å². The topological polar surface area (TPSA) is 51.5 Å². The van der Waals surface area contributed by atoms with Crippen LogP contribution in [0, 0.1) is 13.8 Å². The average molecular weight is 211 g/mol. The van der Waals surface area contributed by atoms with Gasteiger partial charge in [-0.1, -0.05) is 0 Å². The molecule has 1 aromatic heterocycles. The number of aromatic nitrogens is 1. The molecule has 4 nitrogen and oxygen atoms in total. The van der Waals surface area contributed by atoms with Crippen molar-refractivity contribution in [1.29, 1.82) is 0 Å². The Kier molecular flexibility index (Phi) is 3.52. The van der Waals surface area contributed by atoms with E-state index in [9.17, 15) is 4.79 Å². The summed E-state index contributed by atoms with van der Waals surface area (Å²) in [5.41, 5.74) is 3.35. The summed E-state index contributed by atoms with van der Waals surface area (Å²) in [7, 11) is 3.27. The van der Waals surface area contributed by atoms with Crippen molar-refractivity contribution in [3.05, 3.63) is 22.5 Å². The van der Waals surface area contributed by atoms with E-state index in [1.54, 1.807) is 0 Å². The van der Waals surface area contributed by atoms with Crippen molar-refractivity contribution in [3.63, 3.8) is 0 Å². The van der Waals surface area contributed by atoms with Gasteiger partial charge in [0.25, 0.3) is 0 Å². The van der Waals surface area contributed by atoms with Crippen LogP contribution in [0.1, 0.15) is 27.3 Å². The fourth-order valence-corrected chi connectivity index (χ4v) is 1.81. The first kappa shape index (κ1) is 11.8. The number of nitrogens with zero attached hydrogens (tertiary/aromatic N) is 1. The van der Waals surface area contributed by atoms with Crippen LogP contribution in [0.2, 0.25) is 0 Å². The largest absolute Gasteiger partial charge is 0.465 e. The molecule has 4 heteroatoms. The molecule has 0 aliphatic carbocycles. The molecule has 0 saturated heterocycles. The number of rotatable bonds is 3. The molecule has 1 rings (SSSR count). The van der Waals surface area contributed by atoms with Gasteiger partial charge < -0.3 is 14.4 Å². The minimum atomic E-state index is -0.334. The average Bonchev–Trinajstić information content (AvgIpc) is 2.44. The second-order valence-electron chi connectivity index (χ2n) is 3.55. The van der Waals surface area contributed by atoms with E-state index in [0.29, 0.717) is 12.0 Å². The van der Waals surface area contributed by atoms with Crippen LogP contribution in [0.25, 0.3) is 0 Å². The second kappa shape index (κ2) is 4.49. The van der Waals surface area contributed by atoms with Crippen molar-refractivity contribution in [2.75, 3.05) is 13.7 Å². The second-order valence-corrected chi connectivity index (χ2v) is 3.55. The van der Waals surface area contributed by atoms with E-state index in [-0.39, 0.29) is 12.6 Å². The first-order chi connectivity index (χ1) is 7.04. The Hall–Kier alpha value is -1.29. The zero-order valence-electron chi connectivity index (χ0n) is 9.63. The third kappa shape index (κ3) is 1.90. The van der Waals surface area contributed by atoms with E-state index < -0.39 is 0 Å². The zero-order chi connectivity index (χ0) is 11.6. The lowest BCUT2D eigenvalue weighted by Crippen LogP contribution is -2.07. The third-order valence-electron chi connectivity index (χ3n) is 2.86. The molecule has 0 saturated carbocycles. The molecule has 15 heavy (non-hydrogen) atoms. The standard InChI is InChI=1S/C11H17NO3/c1-7-9(5-6-13)10(11(14)15-4)8(2)12(7)3/h13H,5-6H2,1-4H3. The summed E-state index contributed by atoms with van der Waals surface area (Å²) in [6.45, 7) is 3.85. The zero-order valence-corrected chi connectivity index (χ0v) is 9.63. The lowest BCUT2D eigenvalue weighted by molar-refractivity contribution is 0.0598. The number of carbonyl (C=O) groups excluding carboxylic acids is 1. The molecule has 0 atom stereocenters. The van der Waals surface area contributed by atoms with Crippen LogP contribution in [0.5, 0.6) is 0 Å². The number of esters is 1. The summed E-state index contributed by atoms with van der Waals surface area (Å²) < 4.78 is 6.68. The fourth-order valence-electron chi connectivity index (χ4n) is 1.81. The van der Waals surface area contributed by atoms with Gasteiger partial charge in [-0.15, -0.1) is 0 Å². The molecule has 1 heterocycles. The van der Waals surface area contributed by atoms with E-state index in [1.807, 2.05) is 25.5 Å². The smallest absolute Gasteiger partial charge is 0.339 e. The number of hydrogen-bond acceptors (Lipinski definition) is 3. The first-order valence-electron chi connectivity index (χ1n) is 4.88. The van der Waals surface area contributed by atoms with Crippen LogP contribution >= 0.6 is 0 Å². The highest BCUT2D eigenvalue weighted by Crippen LogP contribution is 2.22. The molecule has 0 radical (unpaired) electrons. The summed E-state index contributed by atoms with van der Waals surface area (Å²) in [5, 5.41) is 8.96. The molecule has 0 fully saturated rings. The van der Waals surface area contributed by atoms with Gasteiger partial charge in [0.15, 0.2) is 0 Å². The maximum atomic E-state index is 11.6. The summed E-state index contributed by atoms with van der Waals surface area (Å²) in [4.78, 5) is 11.6. The fraction of sp³-hybridized carbons (Fsp3) is 0.545. The summed E-state index contributed by atoms with van der Waals surface area (Å²) in [6.07, 6.45) is 0.484. The van der Waals surface area contributed by atoms with E-state index >= 15 is 0 Å². The quantitative estimate of drug-likeness (QED) is 0.758. The molecule has 0 unspecified atom stereocenters. The Balaban J connectivity index is 3.33. The van der Waals surface area contributed by atoms with Crippen molar-refractivity contribution >= 4 is 5.97 Å². The highest BCUT2D eigenvalue weighted by atomic mass is 16.5. The van der Waals surface area contributed by atoms with Crippen molar-refractivity contribution in [2.24, 2.45) is 7.05 Å². The van der Waals surface area contributed by atoms with E-state index in [1.165, 1.54) is 7.11 Å². The van der Waals surface area contributed by atoms with Crippen LogP contribution in [0.3, 0.4) is 0 Å². The molecule has 0 bridgehead atoms. The van der Waals surface area contributed by atoms with Gasteiger partial charge in [-0.05, 0) is 25.8 Å². The molecule has 0 amide bonds. The van der Waals surface area contributed by atoms with Gasteiger partial charge in [0.05, 0.1) is 12.7 Å². The molecular formula is C11H17NO3. The van der Waals surface area contributed by atoms with Crippen molar-refractivity contribution < 1.29 is 14.6 Å². The van der Waals surface area contributed by atoms with Gasteiger partial charge in [-0.3, -0.25) is 0 Å². The lowest BCUT2D eigenvalue weighted by Gasteiger charge is -2.02. The maximum absolute atomic E-state index is 11.6. The predicted octanol–water partition coefficient (Wildman–Crippen LogP) is 0.963. The third-order valence-corrected chi connectivity index (χ3v) is 2.86. The molecule has 0 aliphatic heterocycles. The summed E-state index contributed by atoms with van der Waals surface area (Å²) in [5.74, 6) is -0.334. The Bertz CT molecular complexity index is 380. The van der Waals surface area contributed by atoms with E-state index in [2.05, 4.69) is 0 Å². The van der Waals surface area contributed by atoms with Crippen molar-refractivity contribution in [3.8, 4) is 0 Å². The summed E-state index contributed by atoms with van der Waals surface area (Å²) >= 11 is 0. The normalized spacial score (nSPS) is 10.5. The van der Waals surface area contributed by atoms with E-state index in [0.717, 1.165) is 17.0 Å². The number of hydrogen-bond donors (Lipinski definition) is 1. The number of ether oxygens (including phenoxy) is 1. The predicted molar refractivity (Wildman–Crippen MR) is 57.0 cm³/mol. The number of carbonyl (C=O) groups is 1. The molecule has 1 aromatic rings. The molecule has 1 N–H and O–H groups in total. The van der Waals surface area contributed by atoms with E-state index in [4.69, 9.17) is 9.84 Å². The van der Waals surface area contributed by atoms with Gasteiger partial charge >= 0.3 is 5.97 Å². The SMILES string of the molecule is COC(=O)c1c(CCO)c(C)n(C)c1C. The van der Waals surface area contributed by atoms with Crippen LogP contribution < -0.4 is 0 Å². The maximum Gasteiger partial charge on any atom is 0.339 e. The lowest BCUT2D eigenvalue weighted by atomic mass is 10.1. The van der Waals surface area contributed by atoms with Gasteiger partial charge in [0.1, 0.15) is 0 Å². The molecule has 0 spiro atoms. The van der Waals surface area contributed by atoms with Gasteiger partial charge in [0, 0.05) is 25.0 Å². The Morgan fingerprint density at radius 3 is 2.47 bits per heavy atom. The van der Waals surface area contributed by atoms with Gasteiger partial charge in [-0.25, -0.2) is 4.79 Å². The van der Waals surface area contributed by atoms with Crippen molar-refractivity contribution in [1.82, 2.24) is 4.57 Å². The van der Waals surface area contributed by atoms with Gasteiger partial charge in [0.2, 0.25) is 0 Å². The highest BCUT2D eigenvalue weighted by Gasteiger charge is 2.21. The summed E-state index contributed by atoms with van der Waals surface area (Å²) in [6, 6.07) is 0. The van der Waals surface area contributed by atoms with Crippen LogP contribution in [-0.4, -0.2) is 29.4 Å². The first-order valence-corrected chi connectivity index (χ1v) is 4.88. The Labute approximate surface area is 89.5 Å². The Morgan fingerprint density at radius 2 is 2.00 bits per heavy atom. The molecule has 84 valence electrons. The van der Waals surface area contributed by atoms with Crippen LogP contribution in [-0.2, 0) is 18.2 Å². The monoisotopic (exact) mass is 211 g/mol. The molecule has 0 aromatic carbocycles. The molecule has 0 aliphatic rings. The molecular weight excluding hydrogens is 194 g/mol. The minimum Gasteiger partial charge on any atom is -0.465 e. The number of aliphatic hydroxyl groups is 1. The van der Waals surface area contributed by atoms with Crippen molar-refractivity contribution in [2.45, 2.75) is 20.3 Å². The Morgan fingerprint density at radius 1 is 1.40 bits per heavy atom. The van der Waals surface area contributed by atoms with Gasteiger partial charge in [-0.2, -0.15) is 0 Å². The number of methoxy groups -OCH3 is 1.